The molecule has 0 spiro atoms. The van der Waals surface area contributed by atoms with Crippen molar-refractivity contribution in [2.45, 2.75) is 13.1 Å². The molecule has 1 saturated heterocycles. The van der Waals surface area contributed by atoms with Crippen molar-refractivity contribution in [1.29, 1.82) is 0 Å². The second kappa shape index (κ2) is 10.5. The summed E-state index contributed by atoms with van der Waals surface area (Å²) in [4.78, 5) is 8.67. The molecule has 7 nitrogen and oxygen atoms in total. The van der Waals surface area contributed by atoms with E-state index >= 15 is 0 Å². The normalized spacial score (nSPS) is 14.7. The molecule has 0 unspecified atom stereocenters. The van der Waals surface area contributed by atoms with Crippen molar-refractivity contribution in [2.75, 3.05) is 51.3 Å². The number of halogens is 4. The van der Waals surface area contributed by atoms with E-state index in [4.69, 9.17) is 9.47 Å². The van der Waals surface area contributed by atoms with E-state index in [0.717, 1.165) is 23.6 Å². The van der Waals surface area contributed by atoms with E-state index in [1.807, 2.05) is 29.2 Å². The van der Waals surface area contributed by atoms with Gasteiger partial charge in [0, 0.05) is 50.6 Å². The molecule has 11 heteroatoms. The molecule has 2 aromatic heterocycles. The molecule has 0 saturated carbocycles. The number of nitrogens with zero attached hydrogens (tertiary/aromatic N) is 5. The van der Waals surface area contributed by atoms with Gasteiger partial charge in [0.15, 0.2) is 11.3 Å². The number of aryl methyl sites for hydroxylation is 1. The van der Waals surface area contributed by atoms with Crippen molar-refractivity contribution in [3.8, 4) is 22.6 Å². The molecule has 1 aliphatic heterocycles. The predicted molar refractivity (Wildman–Crippen MR) is 135 cm³/mol. The average Bonchev–Trinajstić information content (AvgIpc) is 3.29. The first-order valence-corrected chi connectivity index (χ1v) is 12.2. The van der Waals surface area contributed by atoms with Gasteiger partial charge in [-0.2, -0.15) is 22.8 Å². The van der Waals surface area contributed by atoms with E-state index in [9.17, 15) is 17.6 Å². The van der Waals surface area contributed by atoms with Gasteiger partial charge in [-0.25, -0.2) is 9.37 Å². The number of rotatable bonds is 7. The van der Waals surface area contributed by atoms with E-state index in [1.165, 1.54) is 16.6 Å². The van der Waals surface area contributed by atoms with Crippen LogP contribution in [-0.2, 0) is 6.18 Å². The summed E-state index contributed by atoms with van der Waals surface area (Å²) >= 11 is 0. The van der Waals surface area contributed by atoms with Crippen LogP contribution < -0.4 is 14.4 Å². The van der Waals surface area contributed by atoms with E-state index in [2.05, 4.69) is 15.0 Å². The van der Waals surface area contributed by atoms with Crippen LogP contribution in [0.15, 0.2) is 54.6 Å². The van der Waals surface area contributed by atoms with Gasteiger partial charge in [-0.15, -0.1) is 0 Å². The quantitative estimate of drug-likeness (QED) is 0.312. The van der Waals surface area contributed by atoms with Crippen molar-refractivity contribution in [1.82, 2.24) is 19.5 Å². The number of methoxy groups -OCH3 is 1. The molecule has 200 valence electrons. The van der Waals surface area contributed by atoms with Gasteiger partial charge in [-0.3, -0.25) is 4.90 Å². The summed E-state index contributed by atoms with van der Waals surface area (Å²) in [6.45, 7) is 5.58. The van der Waals surface area contributed by atoms with Crippen LogP contribution in [0.1, 0.15) is 11.4 Å². The first-order chi connectivity index (χ1) is 18.2. The van der Waals surface area contributed by atoms with Crippen LogP contribution >= 0.6 is 0 Å². The van der Waals surface area contributed by atoms with Gasteiger partial charge >= 0.3 is 6.18 Å². The van der Waals surface area contributed by atoms with E-state index in [0.29, 0.717) is 50.8 Å². The summed E-state index contributed by atoms with van der Waals surface area (Å²) < 4.78 is 67.9. The zero-order chi connectivity index (χ0) is 26.9. The Kier molecular flexibility index (Phi) is 7.11. The van der Waals surface area contributed by atoms with E-state index < -0.39 is 17.7 Å². The lowest BCUT2D eigenvalue weighted by molar-refractivity contribution is -0.140. The minimum absolute atomic E-state index is 0.0908. The van der Waals surface area contributed by atoms with Gasteiger partial charge in [0.1, 0.15) is 29.7 Å². The van der Waals surface area contributed by atoms with Gasteiger partial charge in [0.25, 0.3) is 0 Å². The van der Waals surface area contributed by atoms with Crippen LogP contribution in [0, 0.1) is 12.7 Å². The molecule has 1 fully saturated rings. The number of piperazine rings is 1. The zero-order valence-electron chi connectivity index (χ0n) is 21.0. The van der Waals surface area contributed by atoms with Crippen LogP contribution in [0.3, 0.4) is 0 Å². The fourth-order valence-electron chi connectivity index (χ4n) is 4.61. The van der Waals surface area contributed by atoms with Crippen molar-refractivity contribution in [2.24, 2.45) is 0 Å². The van der Waals surface area contributed by atoms with Crippen LogP contribution in [0.25, 0.3) is 16.8 Å². The number of benzene rings is 2. The van der Waals surface area contributed by atoms with Gasteiger partial charge in [0.05, 0.1) is 12.7 Å². The number of aromatic nitrogens is 3. The third-order valence-electron chi connectivity index (χ3n) is 6.51. The topological polar surface area (TPSA) is 55.1 Å². The smallest absolute Gasteiger partial charge is 0.435 e. The molecule has 38 heavy (non-hydrogen) atoms. The van der Waals surface area contributed by atoms with Gasteiger partial charge in [0.2, 0.25) is 0 Å². The van der Waals surface area contributed by atoms with E-state index in [1.54, 1.807) is 20.1 Å². The van der Waals surface area contributed by atoms with Crippen molar-refractivity contribution < 1.29 is 27.0 Å². The summed E-state index contributed by atoms with van der Waals surface area (Å²) in [5.74, 6) is 1.47. The first kappa shape index (κ1) is 25.8. The summed E-state index contributed by atoms with van der Waals surface area (Å²) in [6.07, 6.45) is -4.70. The highest BCUT2D eigenvalue weighted by Crippen LogP contribution is 2.39. The molecule has 1 aliphatic rings. The fraction of sp³-hybridized carbons (Fsp3) is 0.333. The standard InChI is InChI=1S/C27H27F4N5O2/c1-18-16-23(35-12-10-34(11-13-35)14-15-38-22-5-3-4-21(17-22)37-2)36-26(32-18)24(25(33-36)27(29,30)31)19-6-8-20(28)9-7-19/h3-9,16-17H,10-15H2,1-2H3. The number of hydrogen-bond acceptors (Lipinski definition) is 6. The lowest BCUT2D eigenvalue weighted by Gasteiger charge is -2.36. The Morgan fingerprint density at radius 1 is 0.947 bits per heavy atom. The highest BCUT2D eigenvalue weighted by atomic mass is 19.4. The molecular formula is C27H27F4N5O2. The number of fused-ring (bicyclic) bond motifs is 1. The lowest BCUT2D eigenvalue weighted by atomic mass is 10.1. The maximum absolute atomic E-state index is 14.0. The highest BCUT2D eigenvalue weighted by molar-refractivity contribution is 5.81. The summed E-state index contributed by atoms with van der Waals surface area (Å²) in [6, 6.07) is 14.1. The lowest BCUT2D eigenvalue weighted by Crippen LogP contribution is -2.48. The SMILES string of the molecule is COc1cccc(OCCN2CCN(c3cc(C)nc4c(-c5ccc(F)cc5)c(C(F)(F)F)nn34)CC2)c1. The van der Waals surface area contributed by atoms with Gasteiger partial charge in [-0.05, 0) is 36.8 Å². The summed E-state index contributed by atoms with van der Waals surface area (Å²) in [5.41, 5.74) is -0.335. The second-order valence-electron chi connectivity index (χ2n) is 9.08. The predicted octanol–water partition coefficient (Wildman–Crippen LogP) is 5.07. The minimum Gasteiger partial charge on any atom is -0.497 e. The van der Waals surface area contributed by atoms with Gasteiger partial charge in [-0.1, -0.05) is 18.2 Å². The third-order valence-corrected chi connectivity index (χ3v) is 6.51. The third kappa shape index (κ3) is 5.38. The highest BCUT2D eigenvalue weighted by Gasteiger charge is 2.39. The second-order valence-corrected chi connectivity index (χ2v) is 9.08. The molecule has 5 rings (SSSR count). The molecule has 0 bridgehead atoms. The molecule has 0 radical (unpaired) electrons. The van der Waals surface area contributed by atoms with Crippen molar-refractivity contribution in [3.05, 3.63) is 71.8 Å². The van der Waals surface area contributed by atoms with Crippen LogP contribution in [0.4, 0.5) is 23.4 Å². The zero-order valence-corrected chi connectivity index (χ0v) is 21.0. The van der Waals surface area contributed by atoms with Crippen molar-refractivity contribution >= 4 is 11.5 Å². The van der Waals surface area contributed by atoms with Crippen LogP contribution in [0.2, 0.25) is 0 Å². The van der Waals surface area contributed by atoms with Crippen molar-refractivity contribution in [3.63, 3.8) is 0 Å². The molecule has 0 aliphatic carbocycles. The molecule has 0 N–H and O–H groups in total. The molecular weight excluding hydrogens is 502 g/mol. The summed E-state index contributed by atoms with van der Waals surface area (Å²) in [5, 5.41) is 3.97. The Bertz CT molecular complexity index is 1410. The number of hydrogen-bond donors (Lipinski definition) is 0. The van der Waals surface area contributed by atoms with Crippen LogP contribution in [0.5, 0.6) is 11.5 Å². The minimum atomic E-state index is -4.70. The molecule has 2 aromatic carbocycles. The molecule has 0 atom stereocenters. The molecule has 3 heterocycles. The Hall–Kier alpha value is -3.86. The first-order valence-electron chi connectivity index (χ1n) is 12.2. The summed E-state index contributed by atoms with van der Waals surface area (Å²) in [7, 11) is 1.60. The largest absolute Gasteiger partial charge is 0.497 e. The number of alkyl halides is 3. The van der Waals surface area contributed by atoms with Gasteiger partial charge < -0.3 is 14.4 Å². The number of ether oxygens (including phenoxy) is 2. The molecule has 0 amide bonds. The monoisotopic (exact) mass is 529 g/mol. The maximum atomic E-state index is 14.0. The fourth-order valence-corrected chi connectivity index (χ4v) is 4.61. The number of anilines is 1. The van der Waals surface area contributed by atoms with E-state index in [-0.39, 0.29) is 16.8 Å². The average molecular weight is 530 g/mol. The Labute approximate surface area is 217 Å². The van der Waals surface area contributed by atoms with Crippen LogP contribution in [-0.4, -0.2) is 65.9 Å². The Balaban J connectivity index is 1.35. The Morgan fingerprint density at radius 2 is 1.66 bits per heavy atom. The maximum Gasteiger partial charge on any atom is 0.435 e. The molecule has 4 aromatic rings. The Morgan fingerprint density at radius 3 is 2.34 bits per heavy atom.